The number of hydrogen-bond acceptors (Lipinski definition) is 1. The van der Waals surface area contributed by atoms with Crippen molar-refractivity contribution in [1.82, 2.24) is 4.90 Å². The highest BCUT2D eigenvalue weighted by Crippen LogP contribution is 2.44. The van der Waals surface area contributed by atoms with Gasteiger partial charge in [0.1, 0.15) is 0 Å². The molecule has 1 atom stereocenters. The number of amides is 1. The van der Waals surface area contributed by atoms with E-state index in [4.69, 9.17) is 0 Å². The van der Waals surface area contributed by atoms with Gasteiger partial charge in [0.2, 0.25) is 5.91 Å². The van der Waals surface area contributed by atoms with Gasteiger partial charge >= 0.3 is 0 Å². The first-order valence-electron chi connectivity index (χ1n) is 7.74. The molecule has 100 valence electrons. The second kappa shape index (κ2) is 4.36. The molecule has 0 saturated heterocycles. The fraction of sp³-hybridized carbons (Fsp3) is 0.588. The molecule has 1 aromatic carbocycles. The smallest absolute Gasteiger partial charge is 0.226 e. The highest BCUT2D eigenvalue weighted by molar-refractivity contribution is 5.82. The SMILES string of the molecule is O=C(C1CC1)N(C1CC1)[C@@H]1CCCc2ccccc21. The lowest BCUT2D eigenvalue weighted by Crippen LogP contribution is -2.39. The van der Waals surface area contributed by atoms with Crippen LogP contribution in [0.15, 0.2) is 24.3 Å². The second-order valence-corrected chi connectivity index (χ2v) is 6.36. The number of carbonyl (C=O) groups is 1. The van der Waals surface area contributed by atoms with Crippen molar-refractivity contribution in [3.05, 3.63) is 35.4 Å². The van der Waals surface area contributed by atoms with E-state index >= 15 is 0 Å². The minimum Gasteiger partial charge on any atom is -0.332 e. The molecule has 0 aromatic heterocycles. The third-order valence-electron chi connectivity index (χ3n) is 4.79. The molecule has 19 heavy (non-hydrogen) atoms. The van der Waals surface area contributed by atoms with Crippen molar-refractivity contribution in [3.63, 3.8) is 0 Å². The Morgan fingerprint density at radius 3 is 2.58 bits per heavy atom. The molecule has 0 bridgehead atoms. The fourth-order valence-electron chi connectivity index (χ4n) is 3.50. The minimum atomic E-state index is 0.356. The lowest BCUT2D eigenvalue weighted by Gasteiger charge is -2.36. The van der Waals surface area contributed by atoms with Crippen LogP contribution >= 0.6 is 0 Å². The third-order valence-corrected chi connectivity index (χ3v) is 4.79. The number of fused-ring (bicyclic) bond motifs is 1. The van der Waals surface area contributed by atoms with E-state index in [2.05, 4.69) is 29.2 Å². The van der Waals surface area contributed by atoms with Crippen LogP contribution in [0, 0.1) is 5.92 Å². The Morgan fingerprint density at radius 1 is 1.05 bits per heavy atom. The predicted molar refractivity (Wildman–Crippen MR) is 74.7 cm³/mol. The molecule has 2 fully saturated rings. The monoisotopic (exact) mass is 255 g/mol. The van der Waals surface area contributed by atoms with Gasteiger partial charge in [0.15, 0.2) is 0 Å². The maximum atomic E-state index is 12.6. The number of benzene rings is 1. The highest BCUT2D eigenvalue weighted by Gasteiger charge is 2.44. The van der Waals surface area contributed by atoms with Gasteiger partial charge < -0.3 is 4.90 Å². The first kappa shape index (κ1) is 11.5. The van der Waals surface area contributed by atoms with Crippen LogP contribution < -0.4 is 0 Å². The quantitative estimate of drug-likeness (QED) is 0.810. The summed E-state index contributed by atoms with van der Waals surface area (Å²) in [5.41, 5.74) is 2.89. The van der Waals surface area contributed by atoms with Crippen molar-refractivity contribution in [2.45, 2.75) is 57.0 Å². The molecule has 0 aliphatic heterocycles. The normalized spacial score (nSPS) is 25.8. The average molecular weight is 255 g/mol. The van der Waals surface area contributed by atoms with E-state index in [1.807, 2.05) is 0 Å². The summed E-state index contributed by atoms with van der Waals surface area (Å²) in [5, 5.41) is 0. The maximum absolute atomic E-state index is 12.6. The molecular formula is C17H21NO. The van der Waals surface area contributed by atoms with Crippen molar-refractivity contribution in [2.75, 3.05) is 0 Å². The topological polar surface area (TPSA) is 20.3 Å². The van der Waals surface area contributed by atoms with Crippen LogP contribution in [-0.4, -0.2) is 16.8 Å². The lowest BCUT2D eigenvalue weighted by molar-refractivity contribution is -0.136. The van der Waals surface area contributed by atoms with Gasteiger partial charge in [-0.05, 0) is 56.1 Å². The summed E-state index contributed by atoms with van der Waals surface area (Å²) < 4.78 is 0. The zero-order chi connectivity index (χ0) is 12.8. The van der Waals surface area contributed by atoms with E-state index in [-0.39, 0.29) is 0 Å². The minimum absolute atomic E-state index is 0.356. The van der Waals surface area contributed by atoms with E-state index < -0.39 is 0 Å². The molecule has 0 heterocycles. The summed E-state index contributed by atoms with van der Waals surface area (Å²) in [6.07, 6.45) is 8.25. The first-order valence-corrected chi connectivity index (χ1v) is 7.74. The van der Waals surface area contributed by atoms with Crippen LogP contribution in [0.2, 0.25) is 0 Å². The molecule has 3 aliphatic rings. The van der Waals surface area contributed by atoms with Crippen molar-refractivity contribution in [3.8, 4) is 0 Å². The Labute approximate surface area is 114 Å². The van der Waals surface area contributed by atoms with E-state index in [0.717, 1.165) is 19.3 Å². The number of aryl methyl sites for hydroxylation is 1. The molecule has 0 spiro atoms. The Bertz CT molecular complexity index is 502. The fourth-order valence-corrected chi connectivity index (χ4v) is 3.50. The van der Waals surface area contributed by atoms with E-state index in [0.29, 0.717) is 23.9 Å². The number of hydrogen-bond donors (Lipinski definition) is 0. The molecule has 0 N–H and O–H groups in total. The number of nitrogens with zero attached hydrogens (tertiary/aromatic N) is 1. The summed E-state index contributed by atoms with van der Waals surface area (Å²) in [5.74, 6) is 0.805. The molecule has 3 aliphatic carbocycles. The van der Waals surface area contributed by atoms with Crippen LogP contribution in [0.4, 0.5) is 0 Å². The van der Waals surface area contributed by atoms with Crippen LogP contribution in [-0.2, 0) is 11.2 Å². The van der Waals surface area contributed by atoms with Crippen molar-refractivity contribution < 1.29 is 4.79 Å². The average Bonchev–Trinajstić information content (AvgIpc) is 3.30. The van der Waals surface area contributed by atoms with Gasteiger partial charge in [-0.15, -0.1) is 0 Å². The molecule has 2 nitrogen and oxygen atoms in total. The molecule has 1 aromatic rings. The van der Waals surface area contributed by atoms with Gasteiger partial charge in [-0.3, -0.25) is 4.79 Å². The number of carbonyl (C=O) groups excluding carboxylic acids is 1. The zero-order valence-corrected chi connectivity index (χ0v) is 11.3. The molecule has 2 saturated carbocycles. The van der Waals surface area contributed by atoms with E-state index in [1.165, 1.54) is 36.8 Å². The van der Waals surface area contributed by atoms with Gasteiger partial charge in [-0.2, -0.15) is 0 Å². The summed E-state index contributed by atoms with van der Waals surface area (Å²) >= 11 is 0. The van der Waals surface area contributed by atoms with Crippen LogP contribution in [0.3, 0.4) is 0 Å². The van der Waals surface area contributed by atoms with Gasteiger partial charge in [0.25, 0.3) is 0 Å². The van der Waals surface area contributed by atoms with Gasteiger partial charge in [-0.25, -0.2) is 0 Å². The molecule has 0 radical (unpaired) electrons. The Kier molecular flexibility index (Phi) is 2.64. The summed E-state index contributed by atoms with van der Waals surface area (Å²) in [7, 11) is 0. The molecule has 2 heteroatoms. The maximum Gasteiger partial charge on any atom is 0.226 e. The Morgan fingerprint density at radius 2 is 1.84 bits per heavy atom. The predicted octanol–water partition coefficient (Wildman–Crippen LogP) is 3.47. The molecule has 4 rings (SSSR count). The van der Waals surface area contributed by atoms with E-state index in [9.17, 15) is 4.79 Å². The van der Waals surface area contributed by atoms with Crippen LogP contribution in [0.5, 0.6) is 0 Å². The van der Waals surface area contributed by atoms with Crippen molar-refractivity contribution >= 4 is 5.91 Å². The van der Waals surface area contributed by atoms with Crippen LogP contribution in [0.25, 0.3) is 0 Å². The summed E-state index contributed by atoms with van der Waals surface area (Å²) in [4.78, 5) is 14.9. The van der Waals surface area contributed by atoms with Crippen molar-refractivity contribution in [2.24, 2.45) is 5.92 Å². The van der Waals surface area contributed by atoms with Crippen molar-refractivity contribution in [1.29, 1.82) is 0 Å². The molecular weight excluding hydrogens is 234 g/mol. The van der Waals surface area contributed by atoms with Gasteiger partial charge in [-0.1, -0.05) is 24.3 Å². The van der Waals surface area contributed by atoms with Gasteiger partial charge in [0, 0.05) is 12.0 Å². The van der Waals surface area contributed by atoms with Gasteiger partial charge in [0.05, 0.1) is 6.04 Å². The standard InChI is InChI=1S/C17H21NO/c19-17(13-8-9-13)18(14-10-11-14)16-7-3-5-12-4-1-2-6-15(12)16/h1-2,4,6,13-14,16H,3,5,7-11H2/t16-/m1/s1. The van der Waals surface area contributed by atoms with Crippen LogP contribution in [0.1, 0.15) is 55.7 Å². The summed E-state index contributed by atoms with van der Waals surface area (Å²) in [6.45, 7) is 0. The first-order chi connectivity index (χ1) is 9.34. The van der Waals surface area contributed by atoms with E-state index in [1.54, 1.807) is 0 Å². The number of rotatable bonds is 3. The Balaban J connectivity index is 1.68. The molecule has 0 unspecified atom stereocenters. The second-order valence-electron chi connectivity index (χ2n) is 6.36. The lowest BCUT2D eigenvalue weighted by atomic mass is 9.86. The molecule has 1 amide bonds. The zero-order valence-electron chi connectivity index (χ0n) is 11.3. The summed E-state index contributed by atoms with van der Waals surface area (Å²) in [6, 6.07) is 9.66. The third kappa shape index (κ3) is 2.07. The highest BCUT2D eigenvalue weighted by atomic mass is 16.2. The largest absolute Gasteiger partial charge is 0.332 e. The Hall–Kier alpha value is -1.31.